The van der Waals surface area contributed by atoms with Crippen molar-refractivity contribution in [1.29, 1.82) is 5.41 Å². The van der Waals surface area contributed by atoms with Crippen LogP contribution in [-0.4, -0.2) is 16.2 Å². The van der Waals surface area contributed by atoms with Gasteiger partial charge in [0.25, 0.3) is 5.91 Å². The number of benzene rings is 1. The third-order valence-electron chi connectivity index (χ3n) is 4.35. The van der Waals surface area contributed by atoms with Gasteiger partial charge in [-0.25, -0.2) is 0 Å². The predicted octanol–water partition coefficient (Wildman–Crippen LogP) is 4.21. The number of carbonyl (C=O) groups excluding carboxylic acids is 1. The van der Waals surface area contributed by atoms with Gasteiger partial charge in [0.2, 0.25) is 0 Å². The fourth-order valence-electron chi connectivity index (χ4n) is 3.01. The van der Waals surface area contributed by atoms with E-state index in [0.29, 0.717) is 15.9 Å². The fourth-order valence-corrected chi connectivity index (χ4v) is 4.29. The van der Waals surface area contributed by atoms with Crippen LogP contribution in [0.5, 0.6) is 0 Å². The molecule has 3 rings (SSSR count). The van der Waals surface area contributed by atoms with Gasteiger partial charge in [-0.3, -0.25) is 10.2 Å². The monoisotopic (exact) mass is 300 g/mol. The molecule has 1 atom stereocenters. The van der Waals surface area contributed by atoms with Gasteiger partial charge in [0, 0.05) is 10.9 Å². The number of carbonyl (C=O) groups is 1. The average molecular weight is 300 g/mol. The second-order valence-corrected chi connectivity index (χ2v) is 7.05. The molecule has 0 saturated heterocycles. The molecule has 0 bridgehead atoms. The van der Waals surface area contributed by atoms with Crippen molar-refractivity contribution in [3.05, 3.63) is 40.5 Å². The minimum Gasteiger partial charge on any atom is -0.322 e. The molecule has 4 heteroatoms. The number of thioether (sulfide) groups is 1. The SMILES string of the molecule is Cc1ccc(NC(=O)C2=C3CCCCC3SC2=N)cc1C. The van der Waals surface area contributed by atoms with Gasteiger partial charge in [-0.05, 0) is 61.9 Å². The van der Waals surface area contributed by atoms with Crippen LogP contribution in [0, 0.1) is 19.3 Å². The first-order chi connectivity index (χ1) is 10.1. The Balaban J connectivity index is 1.84. The molecule has 0 radical (unpaired) electrons. The number of aryl methyl sites for hydroxylation is 2. The molecule has 21 heavy (non-hydrogen) atoms. The minimum absolute atomic E-state index is 0.116. The van der Waals surface area contributed by atoms with Gasteiger partial charge in [0.1, 0.15) is 5.04 Å². The Morgan fingerprint density at radius 1 is 1.29 bits per heavy atom. The summed E-state index contributed by atoms with van der Waals surface area (Å²) in [6.45, 7) is 4.10. The Bertz CT molecular complexity index is 648. The van der Waals surface area contributed by atoms with Crippen molar-refractivity contribution < 1.29 is 4.79 Å². The Hall–Kier alpha value is -1.55. The zero-order chi connectivity index (χ0) is 15.0. The summed E-state index contributed by atoms with van der Waals surface area (Å²) in [6, 6.07) is 5.93. The topological polar surface area (TPSA) is 53.0 Å². The molecule has 1 saturated carbocycles. The number of nitrogens with one attached hydrogen (secondary N) is 2. The third kappa shape index (κ3) is 2.77. The first-order valence-corrected chi connectivity index (χ1v) is 8.31. The van der Waals surface area contributed by atoms with Crippen LogP contribution in [0.2, 0.25) is 0 Å². The van der Waals surface area contributed by atoms with E-state index in [4.69, 9.17) is 5.41 Å². The molecule has 2 N–H and O–H groups in total. The van der Waals surface area contributed by atoms with Gasteiger partial charge < -0.3 is 5.32 Å². The van der Waals surface area contributed by atoms with E-state index in [0.717, 1.165) is 30.5 Å². The lowest BCUT2D eigenvalue weighted by atomic mass is 9.90. The van der Waals surface area contributed by atoms with Crippen molar-refractivity contribution in [3.8, 4) is 0 Å². The molecule has 2 aliphatic rings. The molecule has 1 fully saturated rings. The predicted molar refractivity (Wildman–Crippen MR) is 89.1 cm³/mol. The maximum atomic E-state index is 12.6. The quantitative estimate of drug-likeness (QED) is 0.860. The number of hydrogen-bond acceptors (Lipinski definition) is 3. The Kier molecular flexibility index (Phi) is 3.89. The second-order valence-electron chi connectivity index (χ2n) is 5.83. The highest BCUT2D eigenvalue weighted by Gasteiger charge is 2.35. The van der Waals surface area contributed by atoms with Crippen LogP contribution in [0.4, 0.5) is 5.69 Å². The molecule has 1 unspecified atom stereocenters. The first-order valence-electron chi connectivity index (χ1n) is 7.43. The zero-order valence-electron chi connectivity index (χ0n) is 12.5. The van der Waals surface area contributed by atoms with E-state index in [-0.39, 0.29) is 5.91 Å². The normalized spacial score (nSPS) is 21.4. The van der Waals surface area contributed by atoms with Crippen molar-refractivity contribution in [2.75, 3.05) is 5.32 Å². The number of anilines is 1. The minimum atomic E-state index is -0.116. The molecule has 1 aliphatic heterocycles. The van der Waals surface area contributed by atoms with E-state index in [2.05, 4.69) is 12.2 Å². The van der Waals surface area contributed by atoms with Crippen LogP contribution >= 0.6 is 11.8 Å². The van der Waals surface area contributed by atoms with Crippen LogP contribution in [-0.2, 0) is 4.79 Å². The average Bonchev–Trinajstić information content (AvgIpc) is 2.78. The standard InChI is InChI=1S/C17H20N2OS/c1-10-7-8-12(9-11(10)2)19-17(20)15-13-5-3-4-6-14(13)21-16(15)18/h7-9,14,18H,3-6H2,1-2H3,(H,19,20). The van der Waals surface area contributed by atoms with Crippen molar-refractivity contribution in [1.82, 2.24) is 0 Å². The molecule has 110 valence electrons. The highest BCUT2D eigenvalue weighted by atomic mass is 32.2. The van der Waals surface area contributed by atoms with Crippen LogP contribution in [0.25, 0.3) is 0 Å². The molecule has 0 aromatic heterocycles. The van der Waals surface area contributed by atoms with Crippen LogP contribution < -0.4 is 5.32 Å². The lowest BCUT2D eigenvalue weighted by molar-refractivity contribution is -0.112. The van der Waals surface area contributed by atoms with Gasteiger partial charge in [0.05, 0.1) is 5.57 Å². The van der Waals surface area contributed by atoms with Crippen molar-refractivity contribution in [2.24, 2.45) is 0 Å². The Morgan fingerprint density at radius 2 is 2.10 bits per heavy atom. The van der Waals surface area contributed by atoms with Gasteiger partial charge >= 0.3 is 0 Å². The molecule has 0 spiro atoms. The highest BCUT2D eigenvalue weighted by Crippen LogP contribution is 2.43. The number of rotatable bonds is 2. The molecular formula is C17H20N2OS. The van der Waals surface area contributed by atoms with Crippen molar-refractivity contribution in [2.45, 2.75) is 44.8 Å². The Morgan fingerprint density at radius 3 is 2.86 bits per heavy atom. The van der Waals surface area contributed by atoms with Crippen LogP contribution in [0.3, 0.4) is 0 Å². The summed E-state index contributed by atoms with van der Waals surface area (Å²) < 4.78 is 0. The smallest absolute Gasteiger partial charge is 0.258 e. The summed E-state index contributed by atoms with van der Waals surface area (Å²) in [5, 5.41) is 11.9. The summed E-state index contributed by atoms with van der Waals surface area (Å²) in [4.78, 5) is 12.6. The first kappa shape index (κ1) is 14.4. The van der Waals surface area contributed by atoms with Crippen LogP contribution in [0.1, 0.15) is 36.8 Å². The van der Waals surface area contributed by atoms with E-state index < -0.39 is 0 Å². The largest absolute Gasteiger partial charge is 0.322 e. The van der Waals surface area contributed by atoms with Gasteiger partial charge in [-0.15, -0.1) is 0 Å². The lowest BCUT2D eigenvalue weighted by Gasteiger charge is -2.19. The third-order valence-corrected chi connectivity index (χ3v) is 5.60. The number of fused-ring (bicyclic) bond motifs is 1. The maximum Gasteiger partial charge on any atom is 0.258 e. The van der Waals surface area contributed by atoms with Gasteiger partial charge in [-0.2, -0.15) is 0 Å². The second kappa shape index (κ2) is 5.68. The number of hydrogen-bond donors (Lipinski definition) is 2. The Labute approximate surface area is 129 Å². The molecule has 1 aromatic carbocycles. The fraction of sp³-hybridized carbons (Fsp3) is 0.412. The summed E-state index contributed by atoms with van der Waals surface area (Å²) in [5.41, 5.74) is 5.01. The summed E-state index contributed by atoms with van der Waals surface area (Å²) in [5.74, 6) is -0.116. The zero-order valence-corrected chi connectivity index (χ0v) is 13.3. The van der Waals surface area contributed by atoms with E-state index in [1.165, 1.54) is 17.6 Å². The van der Waals surface area contributed by atoms with Gasteiger partial charge in [0.15, 0.2) is 0 Å². The number of amides is 1. The molecule has 1 heterocycles. The molecular weight excluding hydrogens is 280 g/mol. The van der Waals surface area contributed by atoms with Gasteiger partial charge in [-0.1, -0.05) is 24.2 Å². The lowest BCUT2D eigenvalue weighted by Crippen LogP contribution is -2.19. The van der Waals surface area contributed by atoms with Crippen molar-refractivity contribution in [3.63, 3.8) is 0 Å². The molecule has 1 aliphatic carbocycles. The van der Waals surface area contributed by atoms with Crippen molar-refractivity contribution >= 4 is 28.4 Å². The van der Waals surface area contributed by atoms with E-state index in [1.807, 2.05) is 25.1 Å². The molecule has 1 amide bonds. The molecule has 1 aromatic rings. The van der Waals surface area contributed by atoms with E-state index >= 15 is 0 Å². The van der Waals surface area contributed by atoms with E-state index in [1.54, 1.807) is 11.8 Å². The highest BCUT2D eigenvalue weighted by molar-refractivity contribution is 8.15. The maximum absolute atomic E-state index is 12.6. The summed E-state index contributed by atoms with van der Waals surface area (Å²) >= 11 is 1.55. The summed E-state index contributed by atoms with van der Waals surface area (Å²) in [6.07, 6.45) is 4.42. The van der Waals surface area contributed by atoms with E-state index in [9.17, 15) is 4.79 Å². The molecule has 3 nitrogen and oxygen atoms in total. The summed E-state index contributed by atoms with van der Waals surface area (Å²) in [7, 11) is 0. The van der Waals surface area contributed by atoms with Crippen LogP contribution in [0.15, 0.2) is 29.3 Å².